The third kappa shape index (κ3) is 5.11. The van der Waals surface area contributed by atoms with Gasteiger partial charge in [-0.15, -0.1) is 0 Å². The summed E-state index contributed by atoms with van der Waals surface area (Å²) in [4.78, 5) is 27.9. The van der Waals surface area contributed by atoms with E-state index in [-0.39, 0.29) is 48.5 Å². The molecule has 1 unspecified atom stereocenters. The Morgan fingerprint density at radius 3 is 2.29 bits per heavy atom. The number of sulfone groups is 1. The van der Waals surface area contributed by atoms with Gasteiger partial charge in [-0.3, -0.25) is 9.59 Å². The first-order valence-corrected chi connectivity index (χ1v) is 11.7. The predicted octanol–water partition coefficient (Wildman–Crippen LogP) is -0.0653. The highest BCUT2D eigenvalue weighted by Gasteiger charge is 2.42. The van der Waals surface area contributed by atoms with E-state index in [4.69, 9.17) is 0 Å². The Hall–Kier alpha value is -1.93. The summed E-state index contributed by atoms with van der Waals surface area (Å²) in [5.74, 6) is 0.0437. The van der Waals surface area contributed by atoms with E-state index in [0.29, 0.717) is 6.42 Å². The molecule has 2 atom stereocenters. The smallest absolute Gasteiger partial charge is 0.279 e. The molecule has 7 nitrogen and oxygen atoms in total. The van der Waals surface area contributed by atoms with Crippen LogP contribution in [0.2, 0.25) is 0 Å². The highest BCUT2D eigenvalue weighted by Crippen LogP contribution is 2.32. The van der Waals surface area contributed by atoms with Crippen LogP contribution >= 0.6 is 0 Å². The van der Waals surface area contributed by atoms with Crippen LogP contribution < -0.4 is 10.2 Å². The summed E-state index contributed by atoms with van der Waals surface area (Å²) < 4.78 is 23.6. The van der Waals surface area contributed by atoms with Crippen molar-refractivity contribution in [2.24, 2.45) is 0 Å². The summed E-state index contributed by atoms with van der Waals surface area (Å²) in [7, 11) is -1.22. The Morgan fingerprint density at radius 2 is 1.75 bits per heavy atom. The zero-order chi connectivity index (χ0) is 20.5. The molecule has 154 valence electrons. The first kappa shape index (κ1) is 20.8. The molecular formula is C20H30N3O4S+. The number of aryl methyl sites for hydroxylation is 2. The third-order valence-electron chi connectivity index (χ3n) is 5.49. The van der Waals surface area contributed by atoms with Gasteiger partial charge in [-0.1, -0.05) is 18.2 Å². The minimum Gasteiger partial charge on any atom is -0.331 e. The molecule has 28 heavy (non-hydrogen) atoms. The fraction of sp³-hybridized carbons (Fsp3) is 0.600. The molecule has 3 rings (SSSR count). The maximum atomic E-state index is 12.9. The molecule has 0 radical (unpaired) electrons. The summed E-state index contributed by atoms with van der Waals surface area (Å²) >= 11 is 0. The van der Waals surface area contributed by atoms with Crippen LogP contribution in [0.5, 0.6) is 0 Å². The van der Waals surface area contributed by atoms with Crippen LogP contribution in [0.4, 0.5) is 5.69 Å². The van der Waals surface area contributed by atoms with Crippen molar-refractivity contribution in [2.45, 2.75) is 45.2 Å². The first-order chi connectivity index (χ1) is 13.2. The zero-order valence-corrected chi connectivity index (χ0v) is 17.6. The van der Waals surface area contributed by atoms with Crippen LogP contribution in [0.3, 0.4) is 0 Å². The number of quaternary nitrogens is 1. The Morgan fingerprint density at radius 1 is 1.11 bits per heavy atom. The fourth-order valence-corrected chi connectivity index (χ4v) is 5.65. The van der Waals surface area contributed by atoms with Crippen molar-refractivity contribution in [2.75, 3.05) is 37.0 Å². The summed E-state index contributed by atoms with van der Waals surface area (Å²) in [6.45, 7) is 4.27. The molecule has 1 aromatic carbocycles. The summed E-state index contributed by atoms with van der Waals surface area (Å²) in [5.41, 5.74) is 2.83. The second-order valence-electron chi connectivity index (χ2n) is 8.21. The molecule has 1 aliphatic heterocycles. The van der Waals surface area contributed by atoms with Gasteiger partial charge in [0.1, 0.15) is 0 Å². The number of nitrogens with one attached hydrogen (secondary N) is 2. The number of anilines is 1. The number of carbonyl (C=O) groups excluding carboxylic acids is 2. The van der Waals surface area contributed by atoms with Crippen LogP contribution in [0.1, 0.15) is 30.4 Å². The molecule has 0 aromatic heterocycles. The monoisotopic (exact) mass is 408 g/mol. The average molecular weight is 409 g/mol. The topological polar surface area (TPSA) is 88.0 Å². The number of likely N-dealkylation sites (N-methyl/N-ethyl adjacent to an activating group) is 1. The van der Waals surface area contributed by atoms with Gasteiger partial charge in [0, 0.05) is 17.8 Å². The highest BCUT2D eigenvalue weighted by atomic mass is 32.2. The largest absolute Gasteiger partial charge is 0.331 e. The molecular weight excluding hydrogens is 378 g/mol. The number of para-hydroxylation sites is 1. The average Bonchev–Trinajstić information content (AvgIpc) is 3.34. The van der Waals surface area contributed by atoms with E-state index < -0.39 is 9.84 Å². The lowest BCUT2D eigenvalue weighted by Crippen LogP contribution is -3.11. The molecule has 0 bridgehead atoms. The quantitative estimate of drug-likeness (QED) is 0.661. The summed E-state index contributed by atoms with van der Waals surface area (Å²) in [6.07, 6.45) is 2.40. The van der Waals surface area contributed by atoms with Gasteiger partial charge in [-0.25, -0.2) is 8.42 Å². The van der Waals surface area contributed by atoms with Gasteiger partial charge in [0.2, 0.25) is 0 Å². The number of rotatable bonds is 7. The van der Waals surface area contributed by atoms with E-state index >= 15 is 0 Å². The fourth-order valence-electron chi connectivity index (χ4n) is 3.93. The van der Waals surface area contributed by atoms with Gasteiger partial charge < -0.3 is 15.1 Å². The van der Waals surface area contributed by atoms with Crippen LogP contribution in [0.15, 0.2) is 18.2 Å². The van der Waals surface area contributed by atoms with E-state index in [1.165, 1.54) is 0 Å². The Balaban J connectivity index is 1.56. The predicted molar refractivity (Wildman–Crippen MR) is 108 cm³/mol. The second kappa shape index (κ2) is 8.21. The molecule has 1 saturated carbocycles. The van der Waals surface area contributed by atoms with Crippen LogP contribution in [-0.2, 0) is 19.4 Å². The van der Waals surface area contributed by atoms with Gasteiger partial charge >= 0.3 is 0 Å². The number of carbonyl (C=O) groups is 2. The molecule has 8 heteroatoms. The lowest BCUT2D eigenvalue weighted by molar-refractivity contribution is -0.862. The number of hydrogen-bond acceptors (Lipinski definition) is 4. The van der Waals surface area contributed by atoms with E-state index in [1.807, 2.05) is 39.1 Å². The summed E-state index contributed by atoms with van der Waals surface area (Å²) in [6, 6.07) is 5.81. The normalized spacial score (nSPS) is 21.9. The Bertz CT molecular complexity index is 844. The number of hydrogen-bond donors (Lipinski definition) is 2. The molecule has 2 aliphatic rings. The maximum absolute atomic E-state index is 12.9. The van der Waals surface area contributed by atoms with E-state index in [2.05, 4.69) is 5.32 Å². The van der Waals surface area contributed by atoms with Crippen molar-refractivity contribution in [3.8, 4) is 0 Å². The molecule has 2 fully saturated rings. The van der Waals surface area contributed by atoms with Crippen molar-refractivity contribution < 1.29 is 22.9 Å². The maximum Gasteiger partial charge on any atom is 0.279 e. The minimum atomic E-state index is -3.03. The number of amides is 2. The van der Waals surface area contributed by atoms with Crippen molar-refractivity contribution in [3.05, 3.63) is 29.3 Å². The van der Waals surface area contributed by atoms with Crippen molar-refractivity contribution in [3.63, 3.8) is 0 Å². The molecule has 1 heterocycles. The van der Waals surface area contributed by atoms with Gasteiger partial charge in [-0.2, -0.15) is 0 Å². The molecule has 0 spiro atoms. The standard InChI is InChI=1S/C20H29N3O4S/c1-14-5-4-6-15(2)20(14)21-18(24)11-22(3)12-19(25)23(16-7-8-16)17-9-10-28(26,27)13-17/h4-6,16-17H,7-13H2,1-3H3,(H,21,24)/p+1/t17-/m0/s1. The zero-order valence-electron chi connectivity index (χ0n) is 16.8. The van der Waals surface area contributed by atoms with Crippen molar-refractivity contribution >= 4 is 27.3 Å². The van der Waals surface area contributed by atoms with E-state index in [1.54, 1.807) is 4.90 Å². The number of nitrogens with zero attached hydrogens (tertiary/aromatic N) is 1. The molecule has 2 N–H and O–H groups in total. The molecule has 1 aromatic rings. The van der Waals surface area contributed by atoms with Crippen LogP contribution in [0.25, 0.3) is 0 Å². The SMILES string of the molecule is Cc1cccc(C)c1NC(=O)C[NH+](C)CC(=O)N(C1CC1)[C@H]1CCS(=O)(=O)C1. The molecule has 1 aliphatic carbocycles. The summed E-state index contributed by atoms with van der Waals surface area (Å²) in [5, 5.41) is 2.95. The minimum absolute atomic E-state index is 0.0537. The van der Waals surface area contributed by atoms with Gasteiger partial charge in [0.25, 0.3) is 11.8 Å². The first-order valence-electron chi connectivity index (χ1n) is 9.85. The van der Waals surface area contributed by atoms with Gasteiger partial charge in [0.05, 0.1) is 18.6 Å². The molecule has 1 saturated heterocycles. The highest BCUT2D eigenvalue weighted by molar-refractivity contribution is 7.91. The van der Waals surface area contributed by atoms with Crippen LogP contribution in [-0.4, -0.2) is 68.9 Å². The Labute approximate surface area is 167 Å². The van der Waals surface area contributed by atoms with E-state index in [0.717, 1.165) is 34.6 Å². The van der Waals surface area contributed by atoms with Crippen LogP contribution in [0, 0.1) is 13.8 Å². The van der Waals surface area contributed by atoms with E-state index in [9.17, 15) is 18.0 Å². The van der Waals surface area contributed by atoms with Crippen molar-refractivity contribution in [1.82, 2.24) is 4.90 Å². The third-order valence-corrected chi connectivity index (χ3v) is 7.24. The second-order valence-corrected chi connectivity index (χ2v) is 10.4. The van der Waals surface area contributed by atoms with Gasteiger partial charge in [0.15, 0.2) is 22.9 Å². The lowest BCUT2D eigenvalue weighted by atomic mass is 10.1. The lowest BCUT2D eigenvalue weighted by Gasteiger charge is -2.29. The number of benzene rings is 1. The van der Waals surface area contributed by atoms with Gasteiger partial charge in [-0.05, 0) is 44.2 Å². The van der Waals surface area contributed by atoms with Crippen molar-refractivity contribution in [1.29, 1.82) is 0 Å². The molecule has 2 amide bonds. The Kier molecular flexibility index (Phi) is 6.09.